The zero-order valence-electron chi connectivity index (χ0n) is 10.4. The van der Waals surface area contributed by atoms with Crippen LogP contribution in [0.15, 0.2) is 23.0 Å². The van der Waals surface area contributed by atoms with Gasteiger partial charge in [0.2, 0.25) is 0 Å². The summed E-state index contributed by atoms with van der Waals surface area (Å²) < 4.78 is 1.54. The molecule has 0 radical (unpaired) electrons. The van der Waals surface area contributed by atoms with E-state index >= 15 is 0 Å². The molecule has 0 spiro atoms. The van der Waals surface area contributed by atoms with E-state index in [4.69, 9.17) is 5.73 Å². The van der Waals surface area contributed by atoms with Crippen molar-refractivity contribution in [2.75, 3.05) is 5.73 Å². The predicted molar refractivity (Wildman–Crippen MR) is 72.6 cm³/mol. The normalized spacial score (nSPS) is 12.3. The molecule has 96 valence electrons. The number of carbonyl (C=O) groups excluding carboxylic acids is 1. The van der Waals surface area contributed by atoms with E-state index in [0.29, 0.717) is 5.69 Å². The Labute approximate surface area is 110 Å². The van der Waals surface area contributed by atoms with Crippen LogP contribution in [0.4, 0.5) is 5.69 Å². The Hall–Kier alpha value is -1.82. The van der Waals surface area contributed by atoms with Gasteiger partial charge in [0.15, 0.2) is 5.69 Å². The van der Waals surface area contributed by atoms with Gasteiger partial charge in [-0.25, -0.2) is 0 Å². The lowest BCUT2D eigenvalue weighted by atomic mass is 10.1. The summed E-state index contributed by atoms with van der Waals surface area (Å²) in [6, 6.07) is 2.11. The summed E-state index contributed by atoms with van der Waals surface area (Å²) in [5.74, 6) is -0.226. The average Bonchev–Trinajstić information content (AvgIpc) is 2.88. The van der Waals surface area contributed by atoms with Crippen LogP contribution in [-0.4, -0.2) is 21.7 Å². The summed E-state index contributed by atoms with van der Waals surface area (Å²) in [6.45, 7) is 1.97. The number of aromatic nitrogens is 2. The number of hydrogen-bond donors (Lipinski definition) is 2. The van der Waals surface area contributed by atoms with E-state index in [2.05, 4.69) is 21.9 Å². The molecule has 5 nitrogen and oxygen atoms in total. The maximum atomic E-state index is 12.0. The number of nitrogen functional groups attached to an aromatic ring is 1. The number of nitrogens with zero attached hydrogens (tertiary/aromatic N) is 2. The molecule has 0 bridgehead atoms. The molecule has 18 heavy (non-hydrogen) atoms. The van der Waals surface area contributed by atoms with Gasteiger partial charge in [-0.05, 0) is 35.7 Å². The molecule has 2 rings (SSSR count). The number of amides is 1. The molecule has 0 aliphatic carbocycles. The van der Waals surface area contributed by atoms with Gasteiger partial charge in [-0.3, -0.25) is 9.48 Å². The summed E-state index contributed by atoms with van der Waals surface area (Å²) >= 11 is 1.65. The molecule has 0 aliphatic rings. The van der Waals surface area contributed by atoms with Crippen LogP contribution in [0.25, 0.3) is 0 Å². The fraction of sp³-hybridized carbons (Fsp3) is 0.333. The zero-order chi connectivity index (χ0) is 13.1. The van der Waals surface area contributed by atoms with Crippen LogP contribution in [0.3, 0.4) is 0 Å². The standard InChI is InChI=1S/C12H16N4OS/c1-8(5-9-3-4-18-7-9)14-12(17)11-10(13)6-16(2)15-11/h3-4,6-8H,5,13H2,1-2H3,(H,14,17). The Morgan fingerprint density at radius 3 is 3.00 bits per heavy atom. The second kappa shape index (κ2) is 5.22. The van der Waals surface area contributed by atoms with Gasteiger partial charge < -0.3 is 11.1 Å². The summed E-state index contributed by atoms with van der Waals surface area (Å²) in [5.41, 5.74) is 7.62. The van der Waals surface area contributed by atoms with Crippen molar-refractivity contribution in [2.45, 2.75) is 19.4 Å². The van der Waals surface area contributed by atoms with Gasteiger partial charge in [0.25, 0.3) is 5.91 Å². The maximum Gasteiger partial charge on any atom is 0.274 e. The minimum atomic E-state index is -0.226. The van der Waals surface area contributed by atoms with Crippen molar-refractivity contribution in [3.05, 3.63) is 34.3 Å². The third-order valence-electron chi connectivity index (χ3n) is 2.57. The first-order valence-electron chi connectivity index (χ1n) is 5.67. The van der Waals surface area contributed by atoms with Crippen LogP contribution >= 0.6 is 11.3 Å². The molecule has 2 heterocycles. The highest BCUT2D eigenvalue weighted by molar-refractivity contribution is 7.07. The number of aryl methyl sites for hydroxylation is 1. The summed E-state index contributed by atoms with van der Waals surface area (Å²) in [5, 5.41) is 11.0. The third-order valence-corrected chi connectivity index (χ3v) is 3.30. The molecule has 0 saturated heterocycles. The molecule has 1 unspecified atom stereocenters. The first-order chi connectivity index (χ1) is 8.56. The monoisotopic (exact) mass is 264 g/mol. The lowest BCUT2D eigenvalue weighted by molar-refractivity contribution is 0.0935. The quantitative estimate of drug-likeness (QED) is 0.877. The Kier molecular flexibility index (Phi) is 3.66. The number of anilines is 1. The molecular weight excluding hydrogens is 248 g/mol. The van der Waals surface area contributed by atoms with Gasteiger partial charge in [0, 0.05) is 19.3 Å². The fourth-order valence-electron chi connectivity index (χ4n) is 1.79. The summed E-state index contributed by atoms with van der Waals surface area (Å²) in [4.78, 5) is 12.0. The number of hydrogen-bond acceptors (Lipinski definition) is 4. The molecule has 6 heteroatoms. The van der Waals surface area contributed by atoms with E-state index in [-0.39, 0.29) is 17.6 Å². The van der Waals surface area contributed by atoms with Gasteiger partial charge in [0.05, 0.1) is 5.69 Å². The number of thiophene rings is 1. The Morgan fingerprint density at radius 2 is 2.44 bits per heavy atom. The third kappa shape index (κ3) is 2.89. The van der Waals surface area contributed by atoms with Gasteiger partial charge in [0.1, 0.15) is 0 Å². The molecular formula is C12H16N4OS. The molecule has 2 aromatic rings. The Bertz CT molecular complexity index is 532. The highest BCUT2D eigenvalue weighted by atomic mass is 32.1. The largest absolute Gasteiger partial charge is 0.396 e. The van der Waals surface area contributed by atoms with Crippen molar-refractivity contribution >= 4 is 22.9 Å². The Balaban J connectivity index is 1.97. The Morgan fingerprint density at radius 1 is 1.67 bits per heavy atom. The van der Waals surface area contributed by atoms with Crippen molar-refractivity contribution < 1.29 is 4.79 Å². The first-order valence-corrected chi connectivity index (χ1v) is 6.61. The molecule has 1 atom stereocenters. The molecule has 0 saturated carbocycles. The van der Waals surface area contributed by atoms with Crippen molar-refractivity contribution in [3.63, 3.8) is 0 Å². The van der Waals surface area contributed by atoms with E-state index < -0.39 is 0 Å². The van der Waals surface area contributed by atoms with E-state index in [0.717, 1.165) is 6.42 Å². The highest BCUT2D eigenvalue weighted by Crippen LogP contribution is 2.11. The molecule has 0 aromatic carbocycles. The smallest absolute Gasteiger partial charge is 0.274 e. The van der Waals surface area contributed by atoms with E-state index in [9.17, 15) is 4.79 Å². The van der Waals surface area contributed by atoms with Crippen LogP contribution in [0.2, 0.25) is 0 Å². The lowest BCUT2D eigenvalue weighted by Crippen LogP contribution is -2.34. The van der Waals surface area contributed by atoms with Crippen LogP contribution in [0.5, 0.6) is 0 Å². The average molecular weight is 264 g/mol. The number of nitrogens with two attached hydrogens (primary N) is 1. The van der Waals surface area contributed by atoms with Crippen molar-refractivity contribution in [1.82, 2.24) is 15.1 Å². The van der Waals surface area contributed by atoms with Gasteiger partial charge in [-0.15, -0.1) is 0 Å². The molecule has 0 aliphatic heterocycles. The van der Waals surface area contributed by atoms with Gasteiger partial charge in [-0.2, -0.15) is 16.4 Å². The van der Waals surface area contributed by atoms with Crippen LogP contribution in [0, 0.1) is 0 Å². The van der Waals surface area contributed by atoms with Crippen molar-refractivity contribution in [1.29, 1.82) is 0 Å². The highest BCUT2D eigenvalue weighted by Gasteiger charge is 2.16. The summed E-state index contributed by atoms with van der Waals surface area (Å²) in [7, 11) is 1.74. The second-order valence-corrected chi connectivity index (χ2v) is 5.10. The number of rotatable bonds is 4. The first kappa shape index (κ1) is 12.6. The minimum absolute atomic E-state index is 0.0495. The van der Waals surface area contributed by atoms with E-state index in [1.165, 1.54) is 10.2 Å². The second-order valence-electron chi connectivity index (χ2n) is 4.32. The van der Waals surface area contributed by atoms with Gasteiger partial charge in [-0.1, -0.05) is 0 Å². The van der Waals surface area contributed by atoms with Gasteiger partial charge >= 0.3 is 0 Å². The summed E-state index contributed by atoms with van der Waals surface area (Å²) in [6.07, 6.45) is 2.43. The SMILES string of the molecule is CC(Cc1ccsc1)NC(=O)c1nn(C)cc1N. The topological polar surface area (TPSA) is 72.9 Å². The van der Waals surface area contributed by atoms with E-state index in [1.54, 1.807) is 24.6 Å². The minimum Gasteiger partial charge on any atom is -0.396 e. The van der Waals surface area contributed by atoms with Crippen LogP contribution < -0.4 is 11.1 Å². The molecule has 0 fully saturated rings. The lowest BCUT2D eigenvalue weighted by Gasteiger charge is -2.12. The fourth-order valence-corrected chi connectivity index (χ4v) is 2.47. The van der Waals surface area contributed by atoms with Crippen LogP contribution in [0.1, 0.15) is 23.0 Å². The maximum absolute atomic E-state index is 12.0. The predicted octanol–water partition coefficient (Wildman–Crippen LogP) is 1.42. The molecule has 3 N–H and O–H groups in total. The molecule has 1 amide bonds. The van der Waals surface area contributed by atoms with Crippen molar-refractivity contribution in [3.8, 4) is 0 Å². The van der Waals surface area contributed by atoms with Crippen LogP contribution in [-0.2, 0) is 13.5 Å². The zero-order valence-corrected chi connectivity index (χ0v) is 11.2. The molecule has 2 aromatic heterocycles. The van der Waals surface area contributed by atoms with Crippen molar-refractivity contribution in [2.24, 2.45) is 7.05 Å². The number of nitrogens with one attached hydrogen (secondary N) is 1. The van der Waals surface area contributed by atoms with E-state index in [1.807, 2.05) is 12.3 Å². The number of carbonyl (C=O) groups is 1.